The number of rotatable bonds is 2. The molecule has 108 valence electrons. The van der Waals surface area contributed by atoms with Crippen LogP contribution in [0.1, 0.15) is 23.2 Å². The molecule has 2 N–H and O–H groups in total. The smallest absolute Gasteiger partial charge is 0.291 e. The lowest BCUT2D eigenvalue weighted by atomic mass is 10.2. The number of benzene rings is 1. The highest BCUT2D eigenvalue weighted by molar-refractivity contribution is 6.03. The highest BCUT2D eigenvalue weighted by Gasteiger charge is 2.23. The Bertz CT molecular complexity index is 720. The second kappa shape index (κ2) is 4.97. The number of fused-ring (bicyclic) bond motifs is 1. The van der Waals surface area contributed by atoms with Crippen molar-refractivity contribution in [2.24, 2.45) is 0 Å². The third kappa shape index (κ3) is 2.60. The summed E-state index contributed by atoms with van der Waals surface area (Å²) in [5.74, 6) is 0.917. The summed E-state index contributed by atoms with van der Waals surface area (Å²) >= 11 is 0. The van der Waals surface area contributed by atoms with Crippen LogP contribution in [0.15, 0.2) is 34.7 Å². The fourth-order valence-electron chi connectivity index (χ4n) is 2.04. The van der Waals surface area contributed by atoms with Gasteiger partial charge in [-0.25, -0.2) is 0 Å². The first-order valence-corrected chi connectivity index (χ1v) is 6.52. The van der Waals surface area contributed by atoms with E-state index in [1.165, 1.54) is 0 Å². The number of anilines is 2. The molecule has 3 rings (SSSR count). The molecule has 2 heterocycles. The number of furan rings is 1. The van der Waals surface area contributed by atoms with Gasteiger partial charge in [0, 0.05) is 5.69 Å². The highest BCUT2D eigenvalue weighted by Crippen LogP contribution is 2.32. The standard InChI is InChI=1S/C15H14N2O4/c1-8-3-5-13(20-8)15(19)16-10-4-6-12-11(7-10)17-14(18)9(2)21-12/h3-7,9H,1-2H3,(H,16,19)(H,17,18)/t9-/m0/s1. The summed E-state index contributed by atoms with van der Waals surface area (Å²) < 4.78 is 10.7. The van der Waals surface area contributed by atoms with E-state index in [0.717, 1.165) is 0 Å². The minimum Gasteiger partial charge on any atom is -0.479 e. The number of nitrogens with one attached hydrogen (secondary N) is 2. The minimum atomic E-state index is -0.524. The maximum atomic E-state index is 12.0. The van der Waals surface area contributed by atoms with Gasteiger partial charge in [0.2, 0.25) is 0 Å². The Hall–Kier alpha value is -2.76. The maximum absolute atomic E-state index is 12.0. The predicted molar refractivity (Wildman–Crippen MR) is 76.6 cm³/mol. The molecule has 0 saturated carbocycles. The Morgan fingerprint density at radius 3 is 2.81 bits per heavy atom. The molecule has 21 heavy (non-hydrogen) atoms. The van der Waals surface area contributed by atoms with Gasteiger partial charge in [0.25, 0.3) is 11.8 Å². The van der Waals surface area contributed by atoms with Crippen LogP contribution in [-0.4, -0.2) is 17.9 Å². The molecule has 1 aliphatic rings. The fourth-order valence-corrected chi connectivity index (χ4v) is 2.04. The first kappa shape index (κ1) is 13.2. The molecule has 0 unspecified atom stereocenters. The highest BCUT2D eigenvalue weighted by atomic mass is 16.5. The summed E-state index contributed by atoms with van der Waals surface area (Å²) in [6.45, 7) is 3.44. The lowest BCUT2D eigenvalue weighted by Crippen LogP contribution is -2.34. The molecular formula is C15H14N2O4. The molecule has 1 aliphatic heterocycles. The number of carbonyl (C=O) groups excluding carboxylic acids is 2. The monoisotopic (exact) mass is 286 g/mol. The molecule has 1 atom stereocenters. The number of aryl methyl sites for hydroxylation is 1. The van der Waals surface area contributed by atoms with Crippen LogP contribution in [0.4, 0.5) is 11.4 Å². The molecule has 2 amide bonds. The molecule has 0 radical (unpaired) electrons. The van der Waals surface area contributed by atoms with Crippen molar-refractivity contribution in [1.82, 2.24) is 0 Å². The molecule has 0 spiro atoms. The van der Waals surface area contributed by atoms with E-state index in [0.29, 0.717) is 22.9 Å². The number of hydrogen-bond donors (Lipinski definition) is 2. The number of ether oxygens (including phenoxy) is 1. The SMILES string of the molecule is Cc1ccc(C(=O)Nc2ccc3c(c2)NC(=O)[C@H](C)O3)o1. The van der Waals surface area contributed by atoms with Crippen LogP contribution in [-0.2, 0) is 4.79 Å². The molecule has 1 aromatic carbocycles. The summed E-state index contributed by atoms with van der Waals surface area (Å²) in [5.41, 5.74) is 1.08. The number of hydrogen-bond acceptors (Lipinski definition) is 4. The molecule has 2 aromatic rings. The van der Waals surface area contributed by atoms with E-state index in [-0.39, 0.29) is 17.6 Å². The van der Waals surface area contributed by atoms with E-state index in [2.05, 4.69) is 10.6 Å². The van der Waals surface area contributed by atoms with E-state index in [4.69, 9.17) is 9.15 Å². The average Bonchev–Trinajstić information content (AvgIpc) is 2.87. The van der Waals surface area contributed by atoms with Gasteiger partial charge < -0.3 is 19.8 Å². The summed E-state index contributed by atoms with van der Waals surface area (Å²) in [4.78, 5) is 23.6. The largest absolute Gasteiger partial charge is 0.479 e. The van der Waals surface area contributed by atoms with Crippen molar-refractivity contribution >= 4 is 23.2 Å². The molecule has 0 aliphatic carbocycles. The van der Waals surface area contributed by atoms with E-state index in [1.807, 2.05) is 0 Å². The zero-order valence-corrected chi connectivity index (χ0v) is 11.6. The minimum absolute atomic E-state index is 0.215. The summed E-state index contributed by atoms with van der Waals surface area (Å²) in [6.07, 6.45) is -0.524. The van der Waals surface area contributed by atoms with Crippen LogP contribution in [0.3, 0.4) is 0 Å². The van der Waals surface area contributed by atoms with Gasteiger partial charge in [0.15, 0.2) is 11.9 Å². The van der Waals surface area contributed by atoms with Gasteiger partial charge >= 0.3 is 0 Å². The zero-order valence-electron chi connectivity index (χ0n) is 11.6. The Morgan fingerprint density at radius 1 is 1.29 bits per heavy atom. The first-order valence-electron chi connectivity index (χ1n) is 6.52. The van der Waals surface area contributed by atoms with Crippen LogP contribution >= 0.6 is 0 Å². The number of amides is 2. The number of carbonyl (C=O) groups is 2. The van der Waals surface area contributed by atoms with Crippen molar-refractivity contribution in [3.05, 3.63) is 41.9 Å². The summed E-state index contributed by atoms with van der Waals surface area (Å²) in [6, 6.07) is 8.38. The van der Waals surface area contributed by atoms with E-state index in [9.17, 15) is 9.59 Å². The van der Waals surface area contributed by atoms with Crippen LogP contribution in [0.2, 0.25) is 0 Å². The maximum Gasteiger partial charge on any atom is 0.291 e. The molecule has 0 bridgehead atoms. The molecule has 0 fully saturated rings. The van der Waals surface area contributed by atoms with Crippen LogP contribution in [0.5, 0.6) is 5.75 Å². The molecular weight excluding hydrogens is 272 g/mol. The van der Waals surface area contributed by atoms with Crippen molar-refractivity contribution < 1.29 is 18.7 Å². The quantitative estimate of drug-likeness (QED) is 0.889. The normalized spacial score (nSPS) is 16.7. The summed E-state index contributed by atoms with van der Waals surface area (Å²) in [5, 5.41) is 5.44. The van der Waals surface area contributed by atoms with Gasteiger partial charge in [-0.2, -0.15) is 0 Å². The molecule has 6 heteroatoms. The second-order valence-electron chi connectivity index (χ2n) is 4.82. The van der Waals surface area contributed by atoms with Crippen molar-refractivity contribution in [3.63, 3.8) is 0 Å². The lowest BCUT2D eigenvalue weighted by molar-refractivity contribution is -0.122. The third-order valence-electron chi connectivity index (χ3n) is 3.13. The van der Waals surface area contributed by atoms with Gasteiger partial charge in [-0.05, 0) is 44.2 Å². The topological polar surface area (TPSA) is 80.6 Å². The zero-order chi connectivity index (χ0) is 15.0. The van der Waals surface area contributed by atoms with Crippen molar-refractivity contribution in [1.29, 1.82) is 0 Å². The van der Waals surface area contributed by atoms with Gasteiger partial charge in [-0.1, -0.05) is 0 Å². The van der Waals surface area contributed by atoms with Gasteiger partial charge in [0.1, 0.15) is 11.5 Å². The Kier molecular flexibility index (Phi) is 3.13. The molecule has 6 nitrogen and oxygen atoms in total. The van der Waals surface area contributed by atoms with Crippen LogP contribution in [0.25, 0.3) is 0 Å². The fraction of sp³-hybridized carbons (Fsp3) is 0.200. The van der Waals surface area contributed by atoms with Gasteiger partial charge in [-0.15, -0.1) is 0 Å². The second-order valence-corrected chi connectivity index (χ2v) is 4.82. The Morgan fingerprint density at radius 2 is 2.10 bits per heavy atom. The predicted octanol–water partition coefficient (Wildman–Crippen LogP) is 2.56. The van der Waals surface area contributed by atoms with Crippen molar-refractivity contribution in [3.8, 4) is 5.75 Å². The van der Waals surface area contributed by atoms with Crippen molar-refractivity contribution in [2.45, 2.75) is 20.0 Å². The van der Waals surface area contributed by atoms with Crippen LogP contribution in [0, 0.1) is 6.92 Å². The van der Waals surface area contributed by atoms with E-state index in [1.54, 1.807) is 44.2 Å². The van der Waals surface area contributed by atoms with Crippen LogP contribution < -0.4 is 15.4 Å². The van der Waals surface area contributed by atoms with Gasteiger partial charge in [0.05, 0.1) is 5.69 Å². The molecule has 0 saturated heterocycles. The third-order valence-corrected chi connectivity index (χ3v) is 3.13. The molecule has 1 aromatic heterocycles. The summed E-state index contributed by atoms with van der Waals surface area (Å²) in [7, 11) is 0. The first-order chi connectivity index (χ1) is 10.0. The lowest BCUT2D eigenvalue weighted by Gasteiger charge is -2.23. The average molecular weight is 286 g/mol. The van der Waals surface area contributed by atoms with Gasteiger partial charge in [-0.3, -0.25) is 9.59 Å². The Balaban J connectivity index is 1.80. The Labute approximate surface area is 121 Å². The van der Waals surface area contributed by atoms with Crippen molar-refractivity contribution in [2.75, 3.05) is 10.6 Å². The van der Waals surface area contributed by atoms with E-state index < -0.39 is 6.10 Å². The van der Waals surface area contributed by atoms with E-state index >= 15 is 0 Å².